The van der Waals surface area contributed by atoms with Crippen LogP contribution in [0.2, 0.25) is 0 Å². The fraction of sp³-hybridized carbons (Fsp3) is 0.550. The van der Waals surface area contributed by atoms with Gasteiger partial charge in [-0.3, -0.25) is 14.9 Å². The van der Waals surface area contributed by atoms with Gasteiger partial charge in [0.1, 0.15) is 0 Å². The number of sulfonamides is 1. The predicted octanol–water partition coefficient (Wildman–Crippen LogP) is 2.00. The predicted molar refractivity (Wildman–Crippen MR) is 108 cm³/mol. The van der Waals surface area contributed by atoms with Crippen LogP contribution in [0.5, 0.6) is 0 Å². The summed E-state index contributed by atoms with van der Waals surface area (Å²) in [5, 5.41) is 1.92. The van der Waals surface area contributed by atoms with Gasteiger partial charge in [-0.1, -0.05) is 25.0 Å². The molecule has 2 rings (SSSR count). The molecule has 0 aromatic heterocycles. The molecule has 1 aliphatic heterocycles. The molecule has 166 valence electrons. The number of imide groups is 1. The summed E-state index contributed by atoms with van der Waals surface area (Å²) in [6, 6.07) is 6.44. The minimum Gasteiger partial charge on any atom is -0.456 e. The number of amides is 2. The topological polar surface area (TPSA) is 119 Å². The van der Waals surface area contributed by atoms with Gasteiger partial charge in [0.05, 0.1) is 11.5 Å². The SMILES string of the molecule is CCOC(=O)NC(=O)COC(=O)CCc1ccc(S(=O)(=O)N2CCCCCC2)cc1. The summed E-state index contributed by atoms with van der Waals surface area (Å²) in [6.45, 7) is 2.22. The molecule has 10 heteroatoms. The van der Waals surface area contributed by atoms with Gasteiger partial charge in [-0.2, -0.15) is 4.31 Å². The van der Waals surface area contributed by atoms with E-state index in [0.717, 1.165) is 31.2 Å². The number of alkyl carbamates (subject to hydrolysis) is 1. The van der Waals surface area contributed by atoms with Crippen LogP contribution < -0.4 is 5.32 Å². The largest absolute Gasteiger partial charge is 0.456 e. The number of ether oxygens (including phenoxy) is 2. The van der Waals surface area contributed by atoms with Crippen LogP contribution in [-0.2, 0) is 35.5 Å². The van der Waals surface area contributed by atoms with Crippen LogP contribution in [0, 0.1) is 0 Å². The molecule has 0 radical (unpaired) electrons. The van der Waals surface area contributed by atoms with E-state index in [0.29, 0.717) is 19.5 Å². The van der Waals surface area contributed by atoms with Gasteiger partial charge in [-0.15, -0.1) is 0 Å². The molecule has 1 aromatic carbocycles. The van der Waals surface area contributed by atoms with Gasteiger partial charge >= 0.3 is 12.1 Å². The summed E-state index contributed by atoms with van der Waals surface area (Å²) in [7, 11) is -3.51. The van der Waals surface area contributed by atoms with Gasteiger partial charge in [0.2, 0.25) is 10.0 Å². The Kier molecular flexibility index (Phi) is 9.25. The maximum absolute atomic E-state index is 12.8. The molecule has 0 saturated carbocycles. The van der Waals surface area contributed by atoms with E-state index in [4.69, 9.17) is 4.74 Å². The highest BCUT2D eigenvalue weighted by Gasteiger charge is 2.24. The smallest absolute Gasteiger partial charge is 0.413 e. The zero-order valence-corrected chi connectivity index (χ0v) is 17.9. The normalized spacial score (nSPS) is 15.1. The Morgan fingerprint density at radius 2 is 1.63 bits per heavy atom. The zero-order valence-electron chi connectivity index (χ0n) is 17.1. The number of rotatable bonds is 8. The van der Waals surface area contributed by atoms with Crippen molar-refractivity contribution in [2.24, 2.45) is 0 Å². The molecule has 0 spiro atoms. The monoisotopic (exact) mass is 440 g/mol. The quantitative estimate of drug-likeness (QED) is 0.614. The molecular weight excluding hydrogens is 412 g/mol. The molecule has 1 aromatic rings. The Hall–Kier alpha value is -2.46. The third-order valence-electron chi connectivity index (χ3n) is 4.63. The Bertz CT molecular complexity index is 829. The van der Waals surface area contributed by atoms with E-state index in [1.165, 1.54) is 4.31 Å². The first kappa shape index (κ1) is 23.8. The van der Waals surface area contributed by atoms with Crippen molar-refractivity contribution in [1.29, 1.82) is 0 Å². The maximum atomic E-state index is 12.8. The number of esters is 1. The van der Waals surface area contributed by atoms with Gasteiger partial charge < -0.3 is 9.47 Å². The van der Waals surface area contributed by atoms with E-state index in [2.05, 4.69) is 4.74 Å². The zero-order chi connectivity index (χ0) is 22.0. The van der Waals surface area contributed by atoms with Crippen molar-refractivity contribution in [2.45, 2.75) is 50.3 Å². The Morgan fingerprint density at radius 3 is 2.23 bits per heavy atom. The van der Waals surface area contributed by atoms with Gasteiger partial charge in [0, 0.05) is 19.5 Å². The first-order valence-electron chi connectivity index (χ1n) is 10.0. The molecule has 2 amide bonds. The summed E-state index contributed by atoms with van der Waals surface area (Å²) in [4.78, 5) is 34.5. The average Bonchev–Trinajstić information content (AvgIpc) is 3.01. The molecule has 1 fully saturated rings. The van der Waals surface area contributed by atoms with Crippen LogP contribution in [0.3, 0.4) is 0 Å². The second kappa shape index (κ2) is 11.7. The highest BCUT2D eigenvalue weighted by molar-refractivity contribution is 7.89. The molecular formula is C20H28N2O7S. The minimum absolute atomic E-state index is 0.0188. The number of benzene rings is 1. The Balaban J connectivity index is 1.80. The molecule has 0 bridgehead atoms. The second-order valence-electron chi connectivity index (χ2n) is 6.89. The average molecular weight is 441 g/mol. The van der Waals surface area contributed by atoms with Crippen LogP contribution in [0.4, 0.5) is 4.79 Å². The molecule has 30 heavy (non-hydrogen) atoms. The lowest BCUT2D eigenvalue weighted by Gasteiger charge is -2.20. The number of carbonyl (C=O) groups excluding carboxylic acids is 3. The number of carbonyl (C=O) groups is 3. The van der Waals surface area contributed by atoms with Crippen LogP contribution in [0.25, 0.3) is 0 Å². The highest BCUT2D eigenvalue weighted by Crippen LogP contribution is 2.21. The molecule has 1 aliphatic rings. The number of hydrogen-bond acceptors (Lipinski definition) is 7. The number of hydrogen-bond donors (Lipinski definition) is 1. The summed E-state index contributed by atoms with van der Waals surface area (Å²) in [5.74, 6) is -1.37. The van der Waals surface area contributed by atoms with Crippen LogP contribution in [0.15, 0.2) is 29.2 Å². The van der Waals surface area contributed by atoms with E-state index in [-0.39, 0.29) is 17.9 Å². The second-order valence-corrected chi connectivity index (χ2v) is 8.83. The van der Waals surface area contributed by atoms with Crippen LogP contribution >= 0.6 is 0 Å². The van der Waals surface area contributed by atoms with E-state index in [9.17, 15) is 22.8 Å². The number of nitrogens with zero attached hydrogens (tertiary/aromatic N) is 1. The third-order valence-corrected chi connectivity index (χ3v) is 6.54. The lowest BCUT2D eigenvalue weighted by molar-refractivity contribution is -0.148. The highest BCUT2D eigenvalue weighted by atomic mass is 32.2. The van der Waals surface area contributed by atoms with Crippen molar-refractivity contribution >= 4 is 28.0 Å². The molecule has 0 unspecified atom stereocenters. The van der Waals surface area contributed by atoms with Crippen molar-refractivity contribution < 1.29 is 32.3 Å². The van der Waals surface area contributed by atoms with E-state index in [1.807, 2.05) is 5.32 Å². The lowest BCUT2D eigenvalue weighted by Crippen LogP contribution is -2.34. The van der Waals surface area contributed by atoms with E-state index >= 15 is 0 Å². The van der Waals surface area contributed by atoms with Gasteiger partial charge in [0.25, 0.3) is 5.91 Å². The first-order chi connectivity index (χ1) is 14.3. The summed E-state index contributed by atoms with van der Waals surface area (Å²) < 4.78 is 36.4. The molecule has 0 atom stereocenters. The molecule has 9 nitrogen and oxygen atoms in total. The van der Waals surface area contributed by atoms with Gasteiger partial charge in [0.15, 0.2) is 6.61 Å². The third kappa shape index (κ3) is 7.42. The summed E-state index contributed by atoms with van der Waals surface area (Å²) >= 11 is 0. The van der Waals surface area contributed by atoms with Crippen molar-refractivity contribution in [3.63, 3.8) is 0 Å². The van der Waals surface area contributed by atoms with Crippen LogP contribution in [0.1, 0.15) is 44.6 Å². The summed E-state index contributed by atoms with van der Waals surface area (Å²) in [5.41, 5.74) is 0.776. The first-order valence-corrected chi connectivity index (χ1v) is 11.5. The van der Waals surface area contributed by atoms with Crippen molar-refractivity contribution in [1.82, 2.24) is 9.62 Å². The standard InChI is InChI=1S/C20H28N2O7S/c1-2-28-20(25)21-18(23)15-29-19(24)12-9-16-7-10-17(11-8-16)30(26,27)22-13-5-3-4-6-14-22/h7-8,10-11H,2-6,9,12-15H2,1H3,(H,21,23,25). The fourth-order valence-corrected chi connectivity index (χ4v) is 4.56. The van der Waals surface area contributed by atoms with Crippen molar-refractivity contribution in [3.8, 4) is 0 Å². The lowest BCUT2D eigenvalue weighted by atomic mass is 10.1. The number of aryl methyl sites for hydroxylation is 1. The Morgan fingerprint density at radius 1 is 1.00 bits per heavy atom. The van der Waals surface area contributed by atoms with E-state index < -0.39 is 34.6 Å². The Labute approximate surface area is 176 Å². The van der Waals surface area contributed by atoms with Gasteiger partial charge in [-0.05, 0) is 43.9 Å². The maximum Gasteiger partial charge on any atom is 0.413 e. The van der Waals surface area contributed by atoms with Crippen molar-refractivity contribution in [2.75, 3.05) is 26.3 Å². The summed E-state index contributed by atoms with van der Waals surface area (Å²) in [6.07, 6.45) is 3.30. The number of nitrogens with one attached hydrogen (secondary N) is 1. The molecule has 1 heterocycles. The molecule has 1 saturated heterocycles. The fourth-order valence-electron chi connectivity index (χ4n) is 3.04. The van der Waals surface area contributed by atoms with Crippen molar-refractivity contribution in [3.05, 3.63) is 29.8 Å². The minimum atomic E-state index is -3.51. The van der Waals surface area contributed by atoms with E-state index in [1.54, 1.807) is 31.2 Å². The molecule has 0 aliphatic carbocycles. The van der Waals surface area contributed by atoms with Gasteiger partial charge in [-0.25, -0.2) is 13.2 Å². The molecule has 1 N–H and O–H groups in total. The van der Waals surface area contributed by atoms with Crippen LogP contribution in [-0.4, -0.2) is 57.0 Å².